The van der Waals surface area contributed by atoms with Crippen molar-refractivity contribution in [3.05, 3.63) is 70.7 Å². The number of nitrogens with zero attached hydrogens (tertiary/aromatic N) is 1. The second-order valence-corrected chi connectivity index (χ2v) is 8.86. The Morgan fingerprint density at radius 1 is 1.03 bits per heavy atom. The zero-order valence-corrected chi connectivity index (χ0v) is 19.5. The van der Waals surface area contributed by atoms with Gasteiger partial charge >= 0.3 is 0 Å². The molecule has 0 aliphatic carbocycles. The van der Waals surface area contributed by atoms with Gasteiger partial charge in [-0.05, 0) is 49.9 Å². The van der Waals surface area contributed by atoms with Gasteiger partial charge in [-0.15, -0.1) is 11.8 Å². The van der Waals surface area contributed by atoms with Crippen molar-refractivity contribution in [1.29, 1.82) is 0 Å². The van der Waals surface area contributed by atoms with Crippen LogP contribution in [0.15, 0.2) is 54.6 Å². The molecule has 0 aliphatic heterocycles. The zero-order chi connectivity index (χ0) is 21.9. The molecule has 0 aliphatic rings. The summed E-state index contributed by atoms with van der Waals surface area (Å²) < 4.78 is 0. The van der Waals surface area contributed by atoms with Crippen molar-refractivity contribution in [3.63, 3.8) is 0 Å². The van der Waals surface area contributed by atoms with E-state index in [1.807, 2.05) is 75.4 Å². The molecule has 2 aromatic rings. The molecule has 2 rings (SSSR count). The zero-order valence-electron chi connectivity index (χ0n) is 17.9. The quantitative estimate of drug-likeness (QED) is 0.531. The van der Waals surface area contributed by atoms with Crippen molar-refractivity contribution in [1.82, 2.24) is 10.2 Å². The van der Waals surface area contributed by atoms with Crippen LogP contribution in [0.3, 0.4) is 0 Å². The molecule has 4 nitrogen and oxygen atoms in total. The summed E-state index contributed by atoms with van der Waals surface area (Å²) in [5.41, 5.74) is 2.27. The van der Waals surface area contributed by atoms with Gasteiger partial charge in [-0.25, -0.2) is 0 Å². The Hall–Kier alpha value is -1.98. The van der Waals surface area contributed by atoms with Gasteiger partial charge in [0, 0.05) is 23.4 Å². The fourth-order valence-electron chi connectivity index (χ4n) is 2.96. The number of rotatable bonds is 11. The highest BCUT2D eigenvalue weighted by atomic mass is 35.5. The second-order valence-electron chi connectivity index (χ2n) is 7.44. The monoisotopic (exact) mass is 446 g/mol. The van der Waals surface area contributed by atoms with Crippen LogP contribution in [0, 0.1) is 0 Å². The van der Waals surface area contributed by atoms with Crippen LogP contribution in [0.1, 0.15) is 38.3 Å². The molecule has 0 unspecified atom stereocenters. The Labute approximate surface area is 189 Å². The average Bonchev–Trinajstić information content (AvgIpc) is 2.75. The Morgan fingerprint density at radius 2 is 1.70 bits per heavy atom. The van der Waals surface area contributed by atoms with Crippen LogP contribution < -0.4 is 5.32 Å². The molecule has 0 heterocycles. The molecule has 0 spiro atoms. The largest absolute Gasteiger partial charge is 0.352 e. The summed E-state index contributed by atoms with van der Waals surface area (Å²) in [6.45, 7) is 6.33. The van der Waals surface area contributed by atoms with Gasteiger partial charge in [0.2, 0.25) is 11.8 Å². The Kier molecular flexibility index (Phi) is 10.2. The van der Waals surface area contributed by atoms with E-state index in [2.05, 4.69) is 5.32 Å². The number of hydrogen-bond acceptors (Lipinski definition) is 3. The lowest BCUT2D eigenvalue weighted by atomic mass is 10.1. The van der Waals surface area contributed by atoms with Crippen LogP contribution in [0.25, 0.3) is 0 Å². The fraction of sp³-hybridized carbons (Fsp3) is 0.417. The number of halogens is 1. The number of thioether (sulfide) groups is 1. The van der Waals surface area contributed by atoms with Crippen molar-refractivity contribution in [2.24, 2.45) is 0 Å². The van der Waals surface area contributed by atoms with E-state index in [9.17, 15) is 9.59 Å². The van der Waals surface area contributed by atoms with E-state index in [1.54, 1.807) is 16.7 Å². The molecule has 0 fully saturated rings. The Morgan fingerprint density at radius 3 is 2.33 bits per heavy atom. The average molecular weight is 447 g/mol. The van der Waals surface area contributed by atoms with Gasteiger partial charge in [0.05, 0.1) is 5.75 Å². The minimum atomic E-state index is -0.508. The maximum atomic E-state index is 13.0. The summed E-state index contributed by atoms with van der Waals surface area (Å²) in [6.07, 6.45) is 1.57. The summed E-state index contributed by atoms with van der Waals surface area (Å²) in [5.74, 6) is 0.937. The molecule has 2 amide bonds. The lowest BCUT2D eigenvalue weighted by molar-refractivity contribution is -0.138. The molecule has 0 saturated heterocycles. The van der Waals surface area contributed by atoms with E-state index < -0.39 is 6.04 Å². The highest BCUT2D eigenvalue weighted by molar-refractivity contribution is 7.99. The van der Waals surface area contributed by atoms with Crippen molar-refractivity contribution in [2.75, 3.05) is 12.3 Å². The molecule has 0 aromatic heterocycles. The van der Waals surface area contributed by atoms with Gasteiger partial charge in [-0.1, -0.05) is 61.0 Å². The fourth-order valence-corrected chi connectivity index (χ4v) is 3.95. The van der Waals surface area contributed by atoms with Crippen LogP contribution in [0.4, 0.5) is 0 Å². The van der Waals surface area contributed by atoms with Gasteiger partial charge in [0.1, 0.15) is 6.04 Å². The van der Waals surface area contributed by atoms with Crippen molar-refractivity contribution < 1.29 is 9.59 Å². The summed E-state index contributed by atoms with van der Waals surface area (Å²) in [6, 6.07) is 17.3. The second kappa shape index (κ2) is 12.7. The first-order chi connectivity index (χ1) is 14.4. The molecular formula is C24H31ClN2O2S. The standard InChI is InChI=1S/C24H31ClN2O2S/c1-4-18(2)26-24(29)19(3)27(15-14-20-8-6-5-7-9-20)23(28)17-30-16-21-10-12-22(25)13-11-21/h5-13,18-19H,4,14-17H2,1-3H3,(H,26,29)/t18-,19+/m0/s1. The summed E-state index contributed by atoms with van der Waals surface area (Å²) in [5, 5.41) is 3.70. The molecule has 162 valence electrons. The summed E-state index contributed by atoms with van der Waals surface area (Å²) >= 11 is 7.48. The van der Waals surface area contributed by atoms with Crippen molar-refractivity contribution in [3.8, 4) is 0 Å². The van der Waals surface area contributed by atoms with Crippen LogP contribution in [-0.4, -0.2) is 41.1 Å². The molecule has 0 radical (unpaired) electrons. The maximum Gasteiger partial charge on any atom is 0.242 e. The van der Waals surface area contributed by atoms with Crippen molar-refractivity contribution in [2.45, 2.75) is 51.4 Å². The first-order valence-corrected chi connectivity index (χ1v) is 11.9. The predicted molar refractivity (Wildman–Crippen MR) is 127 cm³/mol. The lowest BCUT2D eigenvalue weighted by Gasteiger charge is -2.29. The molecule has 30 heavy (non-hydrogen) atoms. The number of benzene rings is 2. The smallest absolute Gasteiger partial charge is 0.242 e. The number of amides is 2. The highest BCUT2D eigenvalue weighted by Gasteiger charge is 2.26. The number of carbonyl (C=O) groups excluding carboxylic acids is 2. The number of nitrogens with one attached hydrogen (secondary N) is 1. The maximum absolute atomic E-state index is 13.0. The topological polar surface area (TPSA) is 49.4 Å². The van der Waals surface area contributed by atoms with Crippen LogP contribution in [0.2, 0.25) is 5.02 Å². The predicted octanol–water partition coefficient (Wildman–Crippen LogP) is 4.95. The minimum Gasteiger partial charge on any atom is -0.352 e. The normalized spacial score (nSPS) is 12.8. The molecule has 0 saturated carbocycles. The SMILES string of the molecule is CC[C@H](C)NC(=O)[C@@H](C)N(CCc1ccccc1)C(=O)CSCc1ccc(Cl)cc1. The van der Waals surface area contributed by atoms with E-state index in [1.165, 1.54) is 0 Å². The summed E-state index contributed by atoms with van der Waals surface area (Å²) in [4.78, 5) is 27.4. The number of carbonyl (C=O) groups is 2. The van der Waals surface area contributed by atoms with Crippen LogP contribution in [-0.2, 0) is 21.8 Å². The first kappa shape index (κ1) is 24.3. The molecule has 6 heteroatoms. The van der Waals surface area contributed by atoms with E-state index in [0.717, 1.165) is 29.7 Å². The minimum absolute atomic E-state index is 0.0169. The first-order valence-electron chi connectivity index (χ1n) is 10.4. The van der Waals surface area contributed by atoms with Gasteiger partial charge in [0.15, 0.2) is 0 Å². The summed E-state index contributed by atoms with van der Waals surface area (Å²) in [7, 11) is 0. The van der Waals surface area contributed by atoms with Gasteiger partial charge in [-0.2, -0.15) is 0 Å². The van der Waals surface area contributed by atoms with Gasteiger partial charge in [-0.3, -0.25) is 9.59 Å². The van der Waals surface area contributed by atoms with E-state index in [-0.39, 0.29) is 17.9 Å². The third-order valence-corrected chi connectivity index (χ3v) is 6.30. The van der Waals surface area contributed by atoms with E-state index in [0.29, 0.717) is 17.3 Å². The molecule has 2 atom stereocenters. The third-order valence-electron chi connectivity index (χ3n) is 5.06. The molecule has 0 bridgehead atoms. The molecule has 2 aromatic carbocycles. The van der Waals surface area contributed by atoms with Gasteiger partial charge < -0.3 is 10.2 Å². The van der Waals surface area contributed by atoms with Gasteiger partial charge in [0.25, 0.3) is 0 Å². The lowest BCUT2D eigenvalue weighted by Crippen LogP contribution is -2.51. The third kappa shape index (κ3) is 8.04. The highest BCUT2D eigenvalue weighted by Crippen LogP contribution is 2.17. The van der Waals surface area contributed by atoms with Crippen LogP contribution in [0.5, 0.6) is 0 Å². The van der Waals surface area contributed by atoms with E-state index in [4.69, 9.17) is 11.6 Å². The van der Waals surface area contributed by atoms with Crippen LogP contribution >= 0.6 is 23.4 Å². The van der Waals surface area contributed by atoms with Crippen molar-refractivity contribution >= 4 is 35.2 Å². The Balaban J connectivity index is 1.99. The Bertz CT molecular complexity index is 799. The molecule has 1 N–H and O–H groups in total. The number of hydrogen-bond donors (Lipinski definition) is 1. The molecular weight excluding hydrogens is 416 g/mol. The van der Waals surface area contributed by atoms with E-state index >= 15 is 0 Å².